The molecule has 1 aromatic carbocycles. The summed E-state index contributed by atoms with van der Waals surface area (Å²) in [5.41, 5.74) is 2.51. The van der Waals surface area contributed by atoms with Crippen molar-refractivity contribution in [3.05, 3.63) is 34.6 Å². The summed E-state index contributed by atoms with van der Waals surface area (Å²) in [5, 5.41) is 0.557. The molecule has 4 heterocycles. The van der Waals surface area contributed by atoms with E-state index in [1.165, 1.54) is 9.80 Å². The van der Waals surface area contributed by atoms with Gasteiger partial charge in [-0.25, -0.2) is 9.36 Å². The summed E-state index contributed by atoms with van der Waals surface area (Å²) in [7, 11) is 3.26. The van der Waals surface area contributed by atoms with Gasteiger partial charge in [0.05, 0.1) is 20.3 Å². The number of hydrogen-bond acceptors (Lipinski definition) is 6. The molecule has 2 saturated heterocycles. The number of methoxy groups -OCH3 is 1. The molecule has 0 aliphatic carbocycles. The molecule has 1 atom stereocenters. The Morgan fingerprint density at radius 2 is 1.94 bits per heavy atom. The second kappa shape index (κ2) is 8.68. The van der Waals surface area contributed by atoms with E-state index in [-0.39, 0.29) is 11.9 Å². The lowest BCUT2D eigenvalue weighted by atomic mass is 10.1. The highest BCUT2D eigenvalue weighted by atomic mass is 35.5. The Morgan fingerprint density at radius 1 is 1.21 bits per heavy atom. The maximum atomic E-state index is 13.7. The van der Waals surface area contributed by atoms with Crippen LogP contribution in [0, 0.1) is 13.8 Å². The number of imidazole rings is 1. The van der Waals surface area contributed by atoms with Crippen molar-refractivity contribution in [3.63, 3.8) is 0 Å². The van der Waals surface area contributed by atoms with E-state index in [1.54, 1.807) is 32.4 Å². The Balaban J connectivity index is 1.54. The first kappa shape index (κ1) is 22.8. The minimum absolute atomic E-state index is 0.267. The number of amides is 3. The molecule has 0 spiro atoms. The van der Waals surface area contributed by atoms with Crippen molar-refractivity contribution in [2.45, 2.75) is 19.9 Å². The van der Waals surface area contributed by atoms with E-state index >= 15 is 0 Å². The monoisotopic (exact) mass is 487 g/mol. The molecule has 0 radical (unpaired) electrons. The Kier molecular flexibility index (Phi) is 5.83. The maximum absolute atomic E-state index is 13.7. The van der Waals surface area contributed by atoms with Gasteiger partial charge in [0.1, 0.15) is 11.4 Å². The fraction of sp³-hybridized carbons (Fsp3) is 0.478. The van der Waals surface area contributed by atoms with Crippen LogP contribution in [0.3, 0.4) is 0 Å². The van der Waals surface area contributed by atoms with E-state index in [1.807, 2.05) is 23.0 Å². The SMILES string of the molecule is COc1ccc(Cl)cc1-n1c(C)c(C)[n+]2c1N=C1C2C(=O)N(CCN2CCOCC2)C(=O)N1C. The number of aromatic nitrogens is 2. The minimum atomic E-state index is -0.701. The van der Waals surface area contributed by atoms with Crippen LogP contribution >= 0.6 is 11.6 Å². The lowest BCUT2D eigenvalue weighted by Gasteiger charge is -2.35. The largest absolute Gasteiger partial charge is 0.493 e. The number of imide groups is 1. The normalized spacial score (nSPS) is 20.5. The van der Waals surface area contributed by atoms with Crippen LogP contribution in [0.4, 0.5) is 10.7 Å². The number of morpholine rings is 1. The third-order valence-corrected chi connectivity index (χ3v) is 7.08. The van der Waals surface area contributed by atoms with E-state index in [0.29, 0.717) is 48.9 Å². The standard InChI is InChI=1S/C23H28ClN6O4/c1-14-15(2)30-19-20(25-22(30)29(14)17-13-16(24)5-6-18(17)33-4)26(3)23(32)28(21(19)31)8-7-27-9-11-34-12-10-27/h5-6,13,19H,7-12H2,1-4H3/q+1. The van der Waals surface area contributed by atoms with E-state index < -0.39 is 6.04 Å². The third kappa shape index (κ3) is 3.48. The highest BCUT2D eigenvalue weighted by molar-refractivity contribution is 6.30. The van der Waals surface area contributed by atoms with Gasteiger partial charge in [-0.1, -0.05) is 16.6 Å². The number of carbonyl (C=O) groups excluding carboxylic acids is 2. The fourth-order valence-electron chi connectivity index (χ4n) is 4.83. The molecule has 3 amide bonds. The number of benzene rings is 1. The molecule has 1 aromatic heterocycles. The summed E-state index contributed by atoms with van der Waals surface area (Å²) in [6.07, 6.45) is 0. The summed E-state index contributed by atoms with van der Waals surface area (Å²) < 4.78 is 14.8. The Labute approximate surface area is 202 Å². The van der Waals surface area contributed by atoms with Crippen LogP contribution in [-0.2, 0) is 9.53 Å². The molecule has 180 valence electrons. The second-order valence-corrected chi connectivity index (χ2v) is 9.09. The molecule has 2 aromatic rings. The number of ether oxygens (including phenoxy) is 2. The second-order valence-electron chi connectivity index (χ2n) is 8.65. The zero-order valence-electron chi connectivity index (χ0n) is 19.7. The lowest BCUT2D eigenvalue weighted by molar-refractivity contribution is -0.682. The number of rotatable bonds is 5. The number of halogens is 1. The molecular weight excluding hydrogens is 460 g/mol. The molecule has 11 heteroatoms. The molecule has 0 N–H and O–H groups in total. The van der Waals surface area contributed by atoms with Crippen molar-refractivity contribution in [2.24, 2.45) is 4.99 Å². The van der Waals surface area contributed by atoms with Crippen LogP contribution in [0.1, 0.15) is 17.4 Å². The number of carbonyl (C=O) groups is 2. The Morgan fingerprint density at radius 3 is 2.65 bits per heavy atom. The molecule has 5 rings (SSSR count). The third-order valence-electron chi connectivity index (χ3n) is 6.84. The predicted octanol–water partition coefficient (Wildman–Crippen LogP) is 1.85. The Hall–Kier alpha value is -2.95. The molecule has 0 saturated carbocycles. The van der Waals surface area contributed by atoms with Gasteiger partial charge in [0.15, 0.2) is 11.4 Å². The molecule has 3 aliphatic rings. The van der Waals surface area contributed by atoms with E-state index in [9.17, 15) is 9.59 Å². The van der Waals surface area contributed by atoms with Crippen LogP contribution in [0.2, 0.25) is 5.02 Å². The Bertz CT molecular complexity index is 1200. The predicted molar refractivity (Wildman–Crippen MR) is 125 cm³/mol. The highest BCUT2D eigenvalue weighted by Crippen LogP contribution is 2.36. The molecule has 10 nitrogen and oxygen atoms in total. The summed E-state index contributed by atoms with van der Waals surface area (Å²) in [4.78, 5) is 36.6. The number of aliphatic imine (C=N–C) groups is 1. The van der Waals surface area contributed by atoms with Crippen molar-refractivity contribution in [1.82, 2.24) is 19.3 Å². The van der Waals surface area contributed by atoms with Gasteiger partial charge in [-0.2, -0.15) is 4.57 Å². The van der Waals surface area contributed by atoms with Gasteiger partial charge in [0.2, 0.25) is 11.9 Å². The highest BCUT2D eigenvalue weighted by Gasteiger charge is 2.54. The van der Waals surface area contributed by atoms with Crippen molar-refractivity contribution in [2.75, 3.05) is 53.6 Å². The van der Waals surface area contributed by atoms with Gasteiger partial charge >= 0.3 is 12.0 Å². The van der Waals surface area contributed by atoms with E-state index in [2.05, 4.69) is 4.90 Å². The molecule has 34 heavy (non-hydrogen) atoms. The average molecular weight is 488 g/mol. The zero-order chi connectivity index (χ0) is 24.1. The number of urea groups is 1. The first-order valence-corrected chi connectivity index (χ1v) is 11.7. The zero-order valence-corrected chi connectivity index (χ0v) is 20.5. The fourth-order valence-corrected chi connectivity index (χ4v) is 5.00. The quantitative estimate of drug-likeness (QED) is 0.601. The summed E-state index contributed by atoms with van der Waals surface area (Å²) in [5.74, 6) is 1.34. The minimum Gasteiger partial charge on any atom is -0.493 e. The van der Waals surface area contributed by atoms with Gasteiger partial charge in [-0.05, 0) is 26.0 Å². The first-order chi connectivity index (χ1) is 16.3. The van der Waals surface area contributed by atoms with Crippen LogP contribution in [0.15, 0.2) is 23.2 Å². The molecule has 0 bridgehead atoms. The number of fused-ring (bicyclic) bond motifs is 3. The molecular formula is C23H28ClN6O4+. The van der Waals surface area contributed by atoms with Gasteiger partial charge in [0.25, 0.3) is 5.91 Å². The number of hydrogen-bond donors (Lipinski definition) is 0. The van der Waals surface area contributed by atoms with Crippen LogP contribution < -0.4 is 9.30 Å². The molecule has 1 unspecified atom stereocenters. The van der Waals surface area contributed by atoms with Crippen LogP contribution in [0.25, 0.3) is 5.69 Å². The van der Waals surface area contributed by atoms with Crippen molar-refractivity contribution >= 4 is 35.3 Å². The van der Waals surface area contributed by atoms with Crippen LogP contribution in [0.5, 0.6) is 5.75 Å². The van der Waals surface area contributed by atoms with E-state index in [0.717, 1.165) is 30.2 Å². The van der Waals surface area contributed by atoms with Crippen molar-refractivity contribution < 1.29 is 23.6 Å². The number of likely N-dealkylation sites (N-methyl/N-ethyl adjacent to an activating group) is 1. The maximum Gasteiger partial charge on any atom is 0.407 e. The summed E-state index contributed by atoms with van der Waals surface area (Å²) in [6.45, 7) is 7.78. The van der Waals surface area contributed by atoms with Gasteiger partial charge in [-0.3, -0.25) is 19.5 Å². The van der Waals surface area contributed by atoms with Gasteiger partial charge < -0.3 is 9.47 Å². The number of nitrogens with zero attached hydrogens (tertiary/aromatic N) is 6. The molecule has 3 aliphatic heterocycles. The number of amidine groups is 1. The lowest BCUT2D eigenvalue weighted by Crippen LogP contribution is -2.64. The van der Waals surface area contributed by atoms with Gasteiger partial charge in [-0.15, -0.1) is 0 Å². The topological polar surface area (TPSA) is 83.5 Å². The summed E-state index contributed by atoms with van der Waals surface area (Å²) >= 11 is 6.30. The molecule has 2 fully saturated rings. The summed E-state index contributed by atoms with van der Waals surface area (Å²) in [6, 6.07) is 4.30. The van der Waals surface area contributed by atoms with Crippen molar-refractivity contribution in [1.29, 1.82) is 0 Å². The van der Waals surface area contributed by atoms with E-state index in [4.69, 9.17) is 26.1 Å². The van der Waals surface area contributed by atoms with Crippen molar-refractivity contribution in [3.8, 4) is 11.4 Å². The first-order valence-electron chi connectivity index (χ1n) is 11.3. The van der Waals surface area contributed by atoms with Crippen LogP contribution in [-0.4, -0.2) is 90.6 Å². The smallest absolute Gasteiger partial charge is 0.407 e. The van der Waals surface area contributed by atoms with Gasteiger partial charge in [0, 0.05) is 44.3 Å². The average Bonchev–Trinajstić information content (AvgIpc) is 3.33.